The van der Waals surface area contributed by atoms with Gasteiger partial charge in [0.1, 0.15) is 0 Å². The molecule has 3 aromatic rings. The van der Waals surface area contributed by atoms with Gasteiger partial charge in [-0.25, -0.2) is 4.98 Å². The van der Waals surface area contributed by atoms with Crippen molar-refractivity contribution in [3.05, 3.63) is 36.4 Å². The minimum atomic E-state index is 0.178. The van der Waals surface area contributed by atoms with Gasteiger partial charge in [0.15, 0.2) is 5.65 Å². The summed E-state index contributed by atoms with van der Waals surface area (Å²) < 4.78 is 3.61. The Hall–Kier alpha value is -2.41. The molecule has 0 aliphatic carbocycles. The van der Waals surface area contributed by atoms with Crippen LogP contribution in [0.4, 0.5) is 5.69 Å². The number of aromatic nitrogens is 5. The van der Waals surface area contributed by atoms with E-state index in [-0.39, 0.29) is 18.4 Å². The molecule has 1 aliphatic heterocycles. The molecule has 1 fully saturated rings. The molecule has 0 spiro atoms. The van der Waals surface area contributed by atoms with Crippen molar-refractivity contribution in [2.45, 2.75) is 5.92 Å². The molecular weight excluding hydrogens is 292 g/mol. The first-order chi connectivity index (χ1) is 11.2. The van der Waals surface area contributed by atoms with Crippen molar-refractivity contribution in [3.63, 3.8) is 0 Å². The SMILES string of the molecule is Cn1cc([C@@H]2CN(c3ccnc4c3cnn4C)C[C@H]2CO)cn1. The topological polar surface area (TPSA) is 72.0 Å². The number of anilines is 1. The molecule has 1 N–H and O–H groups in total. The maximum Gasteiger partial charge on any atom is 0.159 e. The highest BCUT2D eigenvalue weighted by molar-refractivity contribution is 5.89. The Morgan fingerprint density at radius 2 is 2.09 bits per heavy atom. The predicted molar refractivity (Wildman–Crippen MR) is 87.2 cm³/mol. The van der Waals surface area contributed by atoms with Crippen molar-refractivity contribution in [1.82, 2.24) is 24.5 Å². The molecular formula is C16H20N6O. The first-order valence-electron chi connectivity index (χ1n) is 7.78. The van der Waals surface area contributed by atoms with Gasteiger partial charge in [0.25, 0.3) is 0 Å². The number of rotatable bonds is 3. The molecule has 7 heteroatoms. The summed E-state index contributed by atoms with van der Waals surface area (Å²) in [6, 6.07) is 2.03. The van der Waals surface area contributed by atoms with Crippen LogP contribution in [-0.4, -0.2) is 49.3 Å². The summed E-state index contributed by atoms with van der Waals surface area (Å²) in [6.45, 7) is 1.87. The van der Waals surface area contributed by atoms with Crippen molar-refractivity contribution in [3.8, 4) is 0 Å². The summed E-state index contributed by atoms with van der Waals surface area (Å²) in [4.78, 5) is 6.73. The lowest BCUT2D eigenvalue weighted by atomic mass is 9.92. The zero-order chi connectivity index (χ0) is 16.0. The Labute approximate surface area is 134 Å². The summed E-state index contributed by atoms with van der Waals surface area (Å²) in [5, 5.41) is 19.4. The number of fused-ring (bicyclic) bond motifs is 1. The fourth-order valence-electron chi connectivity index (χ4n) is 3.57. The first kappa shape index (κ1) is 14.2. The molecule has 0 saturated carbocycles. The maximum atomic E-state index is 9.80. The molecule has 7 nitrogen and oxygen atoms in total. The van der Waals surface area contributed by atoms with Gasteiger partial charge in [0, 0.05) is 58.0 Å². The fraction of sp³-hybridized carbons (Fsp3) is 0.438. The van der Waals surface area contributed by atoms with E-state index in [4.69, 9.17) is 0 Å². The minimum absolute atomic E-state index is 0.178. The zero-order valence-electron chi connectivity index (χ0n) is 13.3. The normalized spacial score (nSPS) is 21.4. The van der Waals surface area contributed by atoms with Gasteiger partial charge in [0.05, 0.1) is 23.5 Å². The maximum absolute atomic E-state index is 9.80. The van der Waals surface area contributed by atoms with E-state index in [1.165, 1.54) is 5.56 Å². The van der Waals surface area contributed by atoms with E-state index in [1.54, 1.807) is 4.68 Å². The number of aliphatic hydroxyl groups is 1. The highest BCUT2D eigenvalue weighted by Gasteiger charge is 2.35. The van der Waals surface area contributed by atoms with Gasteiger partial charge in [-0.2, -0.15) is 10.2 Å². The lowest BCUT2D eigenvalue weighted by molar-refractivity contribution is 0.227. The molecule has 1 saturated heterocycles. The van der Waals surface area contributed by atoms with Crippen LogP contribution in [0.1, 0.15) is 11.5 Å². The van der Waals surface area contributed by atoms with Crippen molar-refractivity contribution in [1.29, 1.82) is 0 Å². The summed E-state index contributed by atoms with van der Waals surface area (Å²) in [5.41, 5.74) is 3.20. The van der Waals surface area contributed by atoms with E-state index in [9.17, 15) is 5.11 Å². The Bertz CT molecular complexity index is 838. The van der Waals surface area contributed by atoms with Crippen LogP contribution in [0, 0.1) is 5.92 Å². The van der Waals surface area contributed by atoms with Crippen molar-refractivity contribution in [2.24, 2.45) is 20.0 Å². The molecule has 0 unspecified atom stereocenters. The minimum Gasteiger partial charge on any atom is -0.396 e. The van der Waals surface area contributed by atoms with Gasteiger partial charge < -0.3 is 10.0 Å². The van der Waals surface area contributed by atoms with Gasteiger partial charge >= 0.3 is 0 Å². The molecule has 0 amide bonds. The van der Waals surface area contributed by atoms with Crippen LogP contribution in [0.2, 0.25) is 0 Å². The van der Waals surface area contributed by atoms with Crippen molar-refractivity contribution < 1.29 is 5.11 Å². The summed E-state index contributed by atoms with van der Waals surface area (Å²) in [6.07, 6.45) is 7.64. The molecule has 2 atom stereocenters. The second-order valence-electron chi connectivity index (χ2n) is 6.24. The second-order valence-corrected chi connectivity index (χ2v) is 6.24. The molecule has 4 rings (SSSR count). The highest BCUT2D eigenvalue weighted by atomic mass is 16.3. The van der Waals surface area contributed by atoms with Crippen LogP contribution in [0.5, 0.6) is 0 Å². The van der Waals surface area contributed by atoms with Crippen LogP contribution in [0.15, 0.2) is 30.9 Å². The van der Waals surface area contributed by atoms with Gasteiger partial charge in [-0.1, -0.05) is 0 Å². The highest BCUT2D eigenvalue weighted by Crippen LogP contribution is 2.37. The fourth-order valence-corrected chi connectivity index (χ4v) is 3.57. The smallest absolute Gasteiger partial charge is 0.159 e. The lowest BCUT2D eigenvalue weighted by Crippen LogP contribution is -2.20. The Kier molecular flexibility index (Phi) is 3.30. The van der Waals surface area contributed by atoms with Crippen molar-refractivity contribution >= 4 is 16.7 Å². The standard InChI is InChI=1S/C16H20N6O/c1-20-7-11(5-18-20)14-9-22(8-12(14)10-23)15-3-4-17-16-13(15)6-19-21(16)2/h3-7,12,14,23H,8-10H2,1-2H3/t12-,14-/m0/s1. The number of hydrogen-bond acceptors (Lipinski definition) is 5. The molecule has 23 heavy (non-hydrogen) atoms. The average molecular weight is 312 g/mol. The Morgan fingerprint density at radius 1 is 1.22 bits per heavy atom. The second kappa shape index (κ2) is 5.34. The Balaban J connectivity index is 1.70. The molecule has 0 bridgehead atoms. The summed E-state index contributed by atoms with van der Waals surface area (Å²) >= 11 is 0. The number of nitrogens with zero attached hydrogens (tertiary/aromatic N) is 6. The zero-order valence-corrected chi connectivity index (χ0v) is 13.3. The van der Waals surface area contributed by atoms with E-state index in [0.717, 1.165) is 29.8 Å². The van der Waals surface area contributed by atoms with E-state index < -0.39 is 0 Å². The third-order valence-electron chi connectivity index (χ3n) is 4.78. The van der Waals surface area contributed by atoms with Gasteiger partial charge in [-0.15, -0.1) is 0 Å². The summed E-state index contributed by atoms with van der Waals surface area (Å²) in [7, 11) is 3.82. The first-order valence-corrected chi connectivity index (χ1v) is 7.78. The van der Waals surface area contributed by atoms with Gasteiger partial charge in [-0.3, -0.25) is 9.36 Å². The lowest BCUT2D eigenvalue weighted by Gasteiger charge is -2.19. The third-order valence-corrected chi connectivity index (χ3v) is 4.78. The molecule has 0 radical (unpaired) electrons. The summed E-state index contributed by atoms with van der Waals surface area (Å²) in [5.74, 6) is 0.493. The quantitative estimate of drug-likeness (QED) is 0.778. The Morgan fingerprint density at radius 3 is 2.83 bits per heavy atom. The largest absolute Gasteiger partial charge is 0.396 e. The number of hydrogen-bond donors (Lipinski definition) is 1. The van der Waals surface area contributed by atoms with Crippen LogP contribution in [0.25, 0.3) is 11.0 Å². The molecule has 1 aliphatic rings. The molecule has 3 aromatic heterocycles. The van der Waals surface area contributed by atoms with E-state index in [1.807, 2.05) is 49.6 Å². The van der Waals surface area contributed by atoms with Gasteiger partial charge in [0.2, 0.25) is 0 Å². The van der Waals surface area contributed by atoms with E-state index in [0.29, 0.717) is 0 Å². The predicted octanol–water partition coefficient (Wildman–Crippen LogP) is 0.914. The molecule has 120 valence electrons. The monoisotopic (exact) mass is 312 g/mol. The average Bonchev–Trinajstić information content (AvgIpc) is 3.25. The number of aliphatic hydroxyl groups excluding tert-OH is 1. The number of pyridine rings is 1. The van der Waals surface area contributed by atoms with Crippen molar-refractivity contribution in [2.75, 3.05) is 24.6 Å². The molecule has 0 aromatic carbocycles. The van der Waals surface area contributed by atoms with Crippen LogP contribution in [-0.2, 0) is 14.1 Å². The van der Waals surface area contributed by atoms with Crippen LogP contribution in [0.3, 0.4) is 0 Å². The van der Waals surface area contributed by atoms with Gasteiger partial charge in [-0.05, 0) is 11.6 Å². The number of aryl methyl sites for hydroxylation is 2. The molecule has 4 heterocycles. The van der Waals surface area contributed by atoms with Crippen LogP contribution < -0.4 is 4.90 Å². The third kappa shape index (κ3) is 2.28. The van der Waals surface area contributed by atoms with Crippen LogP contribution >= 0.6 is 0 Å². The van der Waals surface area contributed by atoms with E-state index >= 15 is 0 Å². The van der Waals surface area contributed by atoms with E-state index in [2.05, 4.69) is 20.1 Å².